The quantitative estimate of drug-likeness (QED) is 0.301. The molecule has 0 radical (unpaired) electrons. The lowest BCUT2D eigenvalue weighted by Crippen LogP contribution is -2.26. The average Bonchev–Trinajstić information content (AvgIpc) is 3.43. The van der Waals surface area contributed by atoms with E-state index in [0.717, 1.165) is 57.6 Å². The predicted molar refractivity (Wildman–Crippen MR) is 138 cm³/mol. The van der Waals surface area contributed by atoms with E-state index in [4.69, 9.17) is 9.72 Å². The van der Waals surface area contributed by atoms with Crippen molar-refractivity contribution in [2.45, 2.75) is 37.9 Å². The molecule has 1 aliphatic rings. The van der Waals surface area contributed by atoms with Crippen molar-refractivity contribution in [3.05, 3.63) is 80.5 Å². The van der Waals surface area contributed by atoms with E-state index in [9.17, 15) is 9.59 Å². The third-order valence-electron chi connectivity index (χ3n) is 6.00. The molecule has 0 bridgehead atoms. The maximum Gasteiger partial charge on any atom is 0.267 e. The summed E-state index contributed by atoms with van der Waals surface area (Å²) >= 11 is 2.90. The Hall–Kier alpha value is -3.10. The van der Waals surface area contributed by atoms with Crippen LogP contribution in [-0.2, 0) is 24.2 Å². The van der Waals surface area contributed by atoms with Gasteiger partial charge >= 0.3 is 0 Å². The molecule has 6 nitrogen and oxygen atoms in total. The van der Waals surface area contributed by atoms with Gasteiger partial charge in [-0.15, -0.1) is 11.3 Å². The summed E-state index contributed by atoms with van der Waals surface area (Å²) in [5, 5.41) is 4.22. The molecule has 2 heterocycles. The number of amides is 1. The lowest BCUT2D eigenvalue weighted by Gasteiger charge is -2.13. The largest absolute Gasteiger partial charge is 0.496 e. The van der Waals surface area contributed by atoms with Crippen molar-refractivity contribution in [1.29, 1.82) is 0 Å². The molecule has 1 aliphatic carbocycles. The van der Waals surface area contributed by atoms with Gasteiger partial charge in [0.1, 0.15) is 10.6 Å². The second-order valence-corrected chi connectivity index (χ2v) is 10.3. The lowest BCUT2D eigenvalue weighted by molar-refractivity contribution is -0.118. The Morgan fingerprint density at radius 2 is 1.97 bits per heavy atom. The van der Waals surface area contributed by atoms with E-state index in [-0.39, 0.29) is 17.2 Å². The number of thioether (sulfide) groups is 1. The first kappa shape index (κ1) is 22.7. The fourth-order valence-electron chi connectivity index (χ4n) is 4.27. The smallest absolute Gasteiger partial charge is 0.267 e. The highest BCUT2D eigenvalue weighted by Gasteiger charge is 2.24. The molecule has 0 unspecified atom stereocenters. The Kier molecular flexibility index (Phi) is 6.43. The number of fused-ring (bicyclic) bond motifs is 3. The zero-order chi connectivity index (χ0) is 23.7. The number of carbonyl (C=O) groups excluding carboxylic acids is 1. The summed E-state index contributed by atoms with van der Waals surface area (Å²) in [4.78, 5) is 33.2. The Labute approximate surface area is 206 Å². The number of ether oxygens (including phenoxy) is 1. The van der Waals surface area contributed by atoms with Crippen LogP contribution in [0.1, 0.15) is 28.0 Å². The van der Waals surface area contributed by atoms with Gasteiger partial charge in [-0.3, -0.25) is 14.2 Å². The number of aromatic nitrogens is 2. The summed E-state index contributed by atoms with van der Waals surface area (Å²) in [5.41, 5.74) is 3.90. The van der Waals surface area contributed by atoms with Crippen LogP contribution < -0.4 is 15.6 Å². The summed E-state index contributed by atoms with van der Waals surface area (Å²) in [7, 11) is 1.61. The van der Waals surface area contributed by atoms with Crippen LogP contribution in [0.4, 0.5) is 0 Å². The minimum atomic E-state index is -0.130. The highest BCUT2D eigenvalue weighted by molar-refractivity contribution is 7.99. The summed E-state index contributed by atoms with van der Waals surface area (Å²) < 4.78 is 7.01. The van der Waals surface area contributed by atoms with Crippen LogP contribution in [0.5, 0.6) is 5.75 Å². The average molecular weight is 492 g/mol. The predicted octanol–water partition coefficient (Wildman–Crippen LogP) is 4.66. The van der Waals surface area contributed by atoms with Crippen LogP contribution in [0.25, 0.3) is 15.9 Å². The molecule has 8 heteroatoms. The number of benzene rings is 2. The van der Waals surface area contributed by atoms with E-state index in [1.165, 1.54) is 16.6 Å². The SMILES string of the molecule is COc1ccccc1CNC(=O)CSc1nc2sc3c(c2c(=O)n1-c1ccc(C)cc1)CCC3. The molecule has 0 saturated carbocycles. The highest BCUT2D eigenvalue weighted by atomic mass is 32.2. The van der Waals surface area contributed by atoms with Crippen molar-refractivity contribution < 1.29 is 9.53 Å². The second-order valence-electron chi connectivity index (χ2n) is 8.29. The molecule has 1 amide bonds. The molecular formula is C26H25N3O3S2. The van der Waals surface area contributed by atoms with Crippen LogP contribution in [0, 0.1) is 6.92 Å². The summed E-state index contributed by atoms with van der Waals surface area (Å²) in [6, 6.07) is 15.4. The van der Waals surface area contributed by atoms with Gasteiger partial charge in [0.25, 0.3) is 5.56 Å². The first-order chi connectivity index (χ1) is 16.5. The number of aryl methyl sites for hydroxylation is 3. The fourth-order valence-corrected chi connectivity index (χ4v) is 6.41. The van der Waals surface area contributed by atoms with Gasteiger partial charge in [0.15, 0.2) is 5.16 Å². The van der Waals surface area contributed by atoms with Gasteiger partial charge in [0.2, 0.25) is 5.91 Å². The zero-order valence-corrected chi connectivity index (χ0v) is 20.7. The number of hydrogen-bond donors (Lipinski definition) is 1. The van der Waals surface area contributed by atoms with Crippen molar-refractivity contribution in [1.82, 2.24) is 14.9 Å². The molecule has 1 N–H and O–H groups in total. The monoisotopic (exact) mass is 491 g/mol. The maximum atomic E-state index is 13.7. The summed E-state index contributed by atoms with van der Waals surface area (Å²) in [6.07, 6.45) is 3.02. The van der Waals surface area contributed by atoms with E-state index in [0.29, 0.717) is 11.7 Å². The van der Waals surface area contributed by atoms with Crippen molar-refractivity contribution in [2.24, 2.45) is 0 Å². The third kappa shape index (κ3) is 4.35. The standard InChI is InChI=1S/C26H25N3O3S2/c1-16-10-12-18(13-11-16)29-25(31)23-19-7-5-9-21(19)34-24(23)28-26(29)33-15-22(30)27-14-17-6-3-4-8-20(17)32-2/h3-4,6,8,10-13H,5,7,9,14-15H2,1-2H3,(H,27,30). The van der Waals surface area contributed by atoms with Gasteiger partial charge in [-0.05, 0) is 49.9 Å². The topological polar surface area (TPSA) is 73.2 Å². The Balaban J connectivity index is 1.43. The molecule has 2 aromatic carbocycles. The number of thiophene rings is 1. The number of para-hydroxylation sites is 1. The van der Waals surface area contributed by atoms with Crippen LogP contribution >= 0.6 is 23.1 Å². The first-order valence-electron chi connectivity index (χ1n) is 11.2. The Morgan fingerprint density at radius 3 is 2.76 bits per heavy atom. The number of rotatable bonds is 7. The number of carbonyl (C=O) groups is 1. The number of methoxy groups -OCH3 is 1. The van der Waals surface area contributed by atoms with Gasteiger partial charge in [0.05, 0.1) is 23.9 Å². The summed E-state index contributed by atoms with van der Waals surface area (Å²) in [6.45, 7) is 2.39. The van der Waals surface area contributed by atoms with Crippen LogP contribution in [0.2, 0.25) is 0 Å². The molecule has 2 aromatic heterocycles. The molecule has 0 saturated heterocycles. The van der Waals surface area contributed by atoms with E-state index in [1.807, 2.05) is 55.5 Å². The molecular weight excluding hydrogens is 466 g/mol. The molecule has 0 fully saturated rings. The molecule has 0 spiro atoms. The Bertz CT molecular complexity index is 1420. The molecule has 0 atom stereocenters. The fraction of sp³-hybridized carbons (Fsp3) is 0.269. The van der Waals surface area contributed by atoms with Crippen molar-refractivity contribution in [3.63, 3.8) is 0 Å². The minimum absolute atomic E-state index is 0.0508. The van der Waals surface area contributed by atoms with E-state index in [1.54, 1.807) is 23.0 Å². The Morgan fingerprint density at radius 1 is 1.18 bits per heavy atom. The molecule has 4 aromatic rings. The van der Waals surface area contributed by atoms with E-state index in [2.05, 4.69) is 5.32 Å². The summed E-state index contributed by atoms with van der Waals surface area (Å²) in [5.74, 6) is 0.764. The van der Waals surface area contributed by atoms with Gasteiger partial charge in [-0.25, -0.2) is 4.98 Å². The van der Waals surface area contributed by atoms with Crippen molar-refractivity contribution in [2.75, 3.05) is 12.9 Å². The normalized spacial score (nSPS) is 12.6. The van der Waals surface area contributed by atoms with Crippen LogP contribution in [0.3, 0.4) is 0 Å². The van der Waals surface area contributed by atoms with Crippen LogP contribution in [-0.4, -0.2) is 28.3 Å². The van der Waals surface area contributed by atoms with Crippen molar-refractivity contribution >= 4 is 39.2 Å². The number of nitrogens with one attached hydrogen (secondary N) is 1. The van der Waals surface area contributed by atoms with Gasteiger partial charge in [0, 0.05) is 17.0 Å². The van der Waals surface area contributed by atoms with Crippen LogP contribution in [0.15, 0.2) is 58.5 Å². The molecule has 5 rings (SSSR count). The van der Waals surface area contributed by atoms with E-state index >= 15 is 0 Å². The second kappa shape index (κ2) is 9.64. The van der Waals surface area contributed by atoms with Gasteiger partial charge < -0.3 is 10.1 Å². The molecule has 0 aliphatic heterocycles. The number of hydrogen-bond acceptors (Lipinski definition) is 6. The van der Waals surface area contributed by atoms with Gasteiger partial charge in [-0.1, -0.05) is 47.7 Å². The number of nitrogens with zero attached hydrogens (tertiary/aromatic N) is 2. The zero-order valence-electron chi connectivity index (χ0n) is 19.1. The van der Waals surface area contributed by atoms with Crippen molar-refractivity contribution in [3.8, 4) is 11.4 Å². The molecule has 34 heavy (non-hydrogen) atoms. The highest BCUT2D eigenvalue weighted by Crippen LogP contribution is 2.36. The first-order valence-corrected chi connectivity index (χ1v) is 13.0. The lowest BCUT2D eigenvalue weighted by atomic mass is 10.2. The minimum Gasteiger partial charge on any atom is -0.496 e. The third-order valence-corrected chi connectivity index (χ3v) is 8.13. The van der Waals surface area contributed by atoms with Gasteiger partial charge in [-0.2, -0.15) is 0 Å². The molecule has 174 valence electrons. The maximum absolute atomic E-state index is 13.7. The van der Waals surface area contributed by atoms with E-state index < -0.39 is 0 Å².